The Morgan fingerprint density at radius 2 is 1.93 bits per heavy atom. The molecule has 0 atom stereocenters. The van der Waals surface area contributed by atoms with Crippen molar-refractivity contribution in [2.75, 3.05) is 25.1 Å². The molecule has 0 aliphatic carbocycles. The molecule has 0 saturated carbocycles. The Kier molecular flexibility index (Phi) is 6.25. The minimum atomic E-state index is -0.0406. The molecule has 2 aromatic carbocycles. The number of thiazole rings is 1. The van der Waals surface area contributed by atoms with Gasteiger partial charge in [-0.1, -0.05) is 23.7 Å². The van der Waals surface area contributed by atoms with E-state index in [2.05, 4.69) is 27.3 Å². The molecule has 1 aromatic heterocycles. The number of hydrogen-bond acceptors (Lipinski definition) is 5. The lowest BCUT2D eigenvalue weighted by Crippen LogP contribution is -2.44. The SMILES string of the molecule is COc1ccc(N2CCC(NC(=O)c3sc(-c4cccc(Cl)c4)nc3C)CC2)cc1. The smallest absolute Gasteiger partial charge is 0.263 e. The zero-order valence-electron chi connectivity index (χ0n) is 17.0. The Balaban J connectivity index is 1.37. The van der Waals surface area contributed by atoms with Gasteiger partial charge < -0.3 is 15.0 Å². The van der Waals surface area contributed by atoms with Crippen molar-refractivity contribution in [3.8, 4) is 16.3 Å². The number of amides is 1. The molecule has 7 heteroatoms. The van der Waals surface area contributed by atoms with Gasteiger partial charge in [-0.05, 0) is 56.2 Å². The number of carbonyl (C=O) groups excluding carboxylic acids is 1. The number of nitrogens with zero attached hydrogens (tertiary/aromatic N) is 2. The minimum Gasteiger partial charge on any atom is -0.497 e. The molecule has 1 saturated heterocycles. The van der Waals surface area contributed by atoms with Gasteiger partial charge in [0, 0.05) is 35.4 Å². The van der Waals surface area contributed by atoms with E-state index in [9.17, 15) is 4.79 Å². The normalized spacial score (nSPS) is 14.6. The molecule has 1 aliphatic rings. The largest absolute Gasteiger partial charge is 0.497 e. The van der Waals surface area contributed by atoms with Crippen LogP contribution in [0.2, 0.25) is 5.02 Å². The first kappa shape index (κ1) is 20.7. The maximum Gasteiger partial charge on any atom is 0.263 e. The van der Waals surface area contributed by atoms with Crippen molar-refractivity contribution in [3.05, 3.63) is 64.1 Å². The maximum absolute atomic E-state index is 12.9. The van der Waals surface area contributed by atoms with E-state index in [1.165, 1.54) is 17.0 Å². The highest BCUT2D eigenvalue weighted by atomic mass is 35.5. The average molecular weight is 442 g/mol. The molecule has 0 spiro atoms. The average Bonchev–Trinajstić information content (AvgIpc) is 3.16. The van der Waals surface area contributed by atoms with E-state index < -0.39 is 0 Å². The summed E-state index contributed by atoms with van der Waals surface area (Å²) in [5, 5.41) is 4.68. The highest BCUT2D eigenvalue weighted by Crippen LogP contribution is 2.30. The number of aromatic nitrogens is 1. The van der Waals surface area contributed by atoms with E-state index in [-0.39, 0.29) is 11.9 Å². The van der Waals surface area contributed by atoms with E-state index in [0.29, 0.717) is 9.90 Å². The summed E-state index contributed by atoms with van der Waals surface area (Å²) in [4.78, 5) is 20.5. The van der Waals surface area contributed by atoms with Crippen molar-refractivity contribution in [1.82, 2.24) is 10.3 Å². The highest BCUT2D eigenvalue weighted by molar-refractivity contribution is 7.17. The molecule has 5 nitrogen and oxygen atoms in total. The Labute approximate surface area is 185 Å². The Hall–Kier alpha value is -2.57. The zero-order chi connectivity index (χ0) is 21.1. The number of hydrogen-bond donors (Lipinski definition) is 1. The van der Waals surface area contributed by atoms with Gasteiger partial charge in [0.25, 0.3) is 5.91 Å². The number of ether oxygens (including phenoxy) is 1. The van der Waals surface area contributed by atoms with Crippen molar-refractivity contribution in [2.45, 2.75) is 25.8 Å². The minimum absolute atomic E-state index is 0.0406. The third kappa shape index (κ3) is 4.60. The summed E-state index contributed by atoms with van der Waals surface area (Å²) in [6.45, 7) is 3.70. The Morgan fingerprint density at radius 3 is 2.60 bits per heavy atom. The standard InChI is InChI=1S/C23H24ClN3O2S/c1-15-21(30-23(25-15)16-4-3-5-17(24)14-16)22(28)26-18-10-12-27(13-11-18)19-6-8-20(29-2)9-7-19/h3-9,14,18H,10-13H2,1-2H3,(H,26,28). The summed E-state index contributed by atoms with van der Waals surface area (Å²) >= 11 is 7.51. The zero-order valence-corrected chi connectivity index (χ0v) is 18.6. The number of piperidine rings is 1. The molecule has 30 heavy (non-hydrogen) atoms. The highest BCUT2D eigenvalue weighted by Gasteiger charge is 2.23. The third-order valence-electron chi connectivity index (χ3n) is 5.34. The van der Waals surface area contributed by atoms with Crippen molar-refractivity contribution in [3.63, 3.8) is 0 Å². The number of rotatable bonds is 5. The van der Waals surface area contributed by atoms with Gasteiger partial charge in [-0.3, -0.25) is 4.79 Å². The van der Waals surface area contributed by atoms with Crippen LogP contribution < -0.4 is 15.0 Å². The lowest BCUT2D eigenvalue weighted by atomic mass is 10.0. The summed E-state index contributed by atoms with van der Waals surface area (Å²) in [5.41, 5.74) is 2.87. The lowest BCUT2D eigenvalue weighted by Gasteiger charge is -2.34. The number of nitrogens with one attached hydrogen (secondary N) is 1. The Bertz CT molecular complexity index is 1030. The number of carbonyl (C=O) groups is 1. The van der Waals surface area contributed by atoms with Crippen molar-refractivity contribution >= 4 is 34.5 Å². The van der Waals surface area contributed by atoms with Crippen LogP contribution in [0.1, 0.15) is 28.2 Å². The summed E-state index contributed by atoms with van der Waals surface area (Å²) < 4.78 is 5.23. The van der Waals surface area contributed by atoms with Gasteiger partial charge in [0.1, 0.15) is 15.6 Å². The quantitative estimate of drug-likeness (QED) is 0.592. The Morgan fingerprint density at radius 1 is 1.20 bits per heavy atom. The number of aryl methyl sites for hydroxylation is 1. The lowest BCUT2D eigenvalue weighted by molar-refractivity contribution is 0.0934. The summed E-state index contributed by atoms with van der Waals surface area (Å²) in [7, 11) is 1.67. The third-order valence-corrected chi connectivity index (χ3v) is 6.78. The van der Waals surface area contributed by atoms with Gasteiger partial charge in [0.2, 0.25) is 0 Å². The van der Waals surface area contributed by atoms with Gasteiger partial charge in [0.05, 0.1) is 12.8 Å². The van der Waals surface area contributed by atoms with Gasteiger partial charge in [-0.15, -0.1) is 11.3 Å². The molecule has 1 aliphatic heterocycles. The molecule has 4 rings (SSSR count). The molecular formula is C23H24ClN3O2S. The second kappa shape index (κ2) is 9.06. The summed E-state index contributed by atoms with van der Waals surface area (Å²) in [6, 6.07) is 15.8. The van der Waals surface area contributed by atoms with Crippen LogP contribution in [0.3, 0.4) is 0 Å². The molecule has 1 N–H and O–H groups in total. The summed E-state index contributed by atoms with van der Waals surface area (Å²) in [5.74, 6) is 0.819. The molecular weight excluding hydrogens is 418 g/mol. The monoisotopic (exact) mass is 441 g/mol. The van der Waals surface area contributed by atoms with E-state index in [1.54, 1.807) is 7.11 Å². The molecule has 0 unspecified atom stereocenters. The second-order valence-corrected chi connectivity index (χ2v) is 8.81. The van der Waals surface area contributed by atoms with Gasteiger partial charge in [-0.2, -0.15) is 0 Å². The molecule has 0 bridgehead atoms. The molecule has 2 heterocycles. The fourth-order valence-electron chi connectivity index (χ4n) is 3.68. The van der Waals surface area contributed by atoms with Crippen molar-refractivity contribution < 1.29 is 9.53 Å². The molecule has 0 radical (unpaired) electrons. The van der Waals surface area contributed by atoms with Gasteiger partial charge in [0.15, 0.2) is 0 Å². The topological polar surface area (TPSA) is 54.5 Å². The van der Waals surface area contributed by atoms with E-state index in [4.69, 9.17) is 16.3 Å². The predicted octanol–water partition coefficient (Wildman–Crippen LogP) is 5.18. The predicted molar refractivity (Wildman–Crippen MR) is 123 cm³/mol. The first-order valence-corrected chi connectivity index (χ1v) is 11.2. The van der Waals surface area contributed by atoms with Crippen LogP contribution in [0.25, 0.3) is 10.6 Å². The summed E-state index contributed by atoms with van der Waals surface area (Å²) in [6.07, 6.45) is 1.83. The molecule has 1 fully saturated rings. The fraction of sp³-hybridized carbons (Fsp3) is 0.304. The van der Waals surface area contributed by atoms with E-state index in [0.717, 1.165) is 47.9 Å². The van der Waals surface area contributed by atoms with Crippen LogP contribution in [-0.4, -0.2) is 37.1 Å². The number of halogens is 1. The van der Waals surface area contributed by atoms with Crippen molar-refractivity contribution in [1.29, 1.82) is 0 Å². The van der Waals surface area contributed by atoms with E-state index >= 15 is 0 Å². The molecule has 1 amide bonds. The maximum atomic E-state index is 12.9. The first-order chi connectivity index (χ1) is 14.5. The number of benzene rings is 2. The molecule has 3 aromatic rings. The van der Waals surface area contributed by atoms with Gasteiger partial charge in [-0.25, -0.2) is 4.98 Å². The van der Waals surface area contributed by atoms with Crippen LogP contribution in [-0.2, 0) is 0 Å². The second-order valence-electron chi connectivity index (χ2n) is 7.38. The van der Waals surface area contributed by atoms with Crippen LogP contribution in [0.5, 0.6) is 5.75 Å². The van der Waals surface area contributed by atoms with Crippen molar-refractivity contribution in [2.24, 2.45) is 0 Å². The number of methoxy groups -OCH3 is 1. The number of anilines is 1. The molecule has 156 valence electrons. The first-order valence-electron chi connectivity index (χ1n) is 9.96. The fourth-order valence-corrected chi connectivity index (χ4v) is 4.83. The van der Waals surface area contributed by atoms with Crippen LogP contribution in [0.15, 0.2) is 48.5 Å². The van der Waals surface area contributed by atoms with Crippen LogP contribution >= 0.6 is 22.9 Å². The van der Waals surface area contributed by atoms with Crippen LogP contribution in [0.4, 0.5) is 5.69 Å². The van der Waals surface area contributed by atoms with Gasteiger partial charge >= 0.3 is 0 Å². The van der Waals surface area contributed by atoms with E-state index in [1.807, 2.05) is 43.3 Å². The van der Waals surface area contributed by atoms with Crippen LogP contribution in [0, 0.1) is 6.92 Å².